The van der Waals surface area contributed by atoms with Gasteiger partial charge in [0.05, 0.1) is 22.9 Å². The number of allylic oxidation sites excluding steroid dienone is 2. The molecule has 7 heteroatoms. The van der Waals surface area contributed by atoms with E-state index < -0.39 is 0 Å². The van der Waals surface area contributed by atoms with Crippen LogP contribution in [0.5, 0.6) is 0 Å². The minimum absolute atomic E-state index is 0.200. The Kier molecular flexibility index (Phi) is 4.51. The number of likely N-dealkylation sites (tertiary alicyclic amines) is 1. The van der Waals surface area contributed by atoms with Crippen LogP contribution in [-0.4, -0.2) is 45.3 Å². The fraction of sp³-hybridized carbons (Fsp3) is 0.400. The van der Waals surface area contributed by atoms with Crippen LogP contribution in [0.2, 0.25) is 0 Å². The van der Waals surface area contributed by atoms with Crippen molar-refractivity contribution in [2.45, 2.75) is 26.3 Å². The van der Waals surface area contributed by atoms with Crippen molar-refractivity contribution in [3.8, 4) is 0 Å². The van der Waals surface area contributed by atoms with Gasteiger partial charge in [0, 0.05) is 13.1 Å². The van der Waals surface area contributed by atoms with E-state index in [9.17, 15) is 14.4 Å². The maximum atomic E-state index is 12.4. The zero-order valence-corrected chi connectivity index (χ0v) is 15.2. The summed E-state index contributed by atoms with van der Waals surface area (Å²) < 4.78 is 2.04. The topological polar surface area (TPSA) is 84.3 Å². The van der Waals surface area contributed by atoms with Gasteiger partial charge in [0.1, 0.15) is 12.4 Å². The highest BCUT2D eigenvalue weighted by Crippen LogP contribution is 2.34. The van der Waals surface area contributed by atoms with Gasteiger partial charge in [0.2, 0.25) is 17.7 Å². The zero-order valence-electron chi connectivity index (χ0n) is 15.2. The number of para-hydroxylation sites is 2. The van der Waals surface area contributed by atoms with E-state index in [0.29, 0.717) is 25.9 Å². The molecule has 1 aliphatic carbocycles. The molecule has 3 amide bonds. The largest absolute Gasteiger partial charge is 0.353 e. The van der Waals surface area contributed by atoms with Gasteiger partial charge < -0.3 is 9.88 Å². The van der Waals surface area contributed by atoms with Crippen LogP contribution >= 0.6 is 0 Å². The first-order valence-electron chi connectivity index (χ1n) is 9.25. The second-order valence-electron chi connectivity index (χ2n) is 7.07. The number of hydrogen-bond acceptors (Lipinski definition) is 4. The summed E-state index contributed by atoms with van der Waals surface area (Å²) in [5, 5.41) is 2.81. The van der Waals surface area contributed by atoms with Crippen molar-refractivity contribution in [3.63, 3.8) is 0 Å². The Balaban J connectivity index is 1.34. The summed E-state index contributed by atoms with van der Waals surface area (Å²) >= 11 is 0. The summed E-state index contributed by atoms with van der Waals surface area (Å²) in [6.07, 6.45) is 5.04. The number of amides is 3. The normalized spacial score (nSPS) is 21.7. The molecule has 0 spiro atoms. The van der Waals surface area contributed by atoms with Crippen LogP contribution < -0.4 is 5.32 Å². The van der Waals surface area contributed by atoms with Crippen molar-refractivity contribution >= 4 is 28.8 Å². The lowest BCUT2D eigenvalue weighted by atomic mass is 9.85. The lowest BCUT2D eigenvalue weighted by molar-refractivity contribution is -0.143. The highest BCUT2D eigenvalue weighted by Gasteiger charge is 2.47. The summed E-state index contributed by atoms with van der Waals surface area (Å²) in [6.45, 7) is 2.72. The minimum atomic E-state index is -0.314. The van der Waals surface area contributed by atoms with E-state index in [2.05, 4.69) is 10.3 Å². The van der Waals surface area contributed by atoms with Crippen LogP contribution in [0.15, 0.2) is 36.4 Å². The Morgan fingerprint density at radius 3 is 2.52 bits per heavy atom. The number of carbonyl (C=O) groups is 3. The molecule has 2 aliphatic rings. The van der Waals surface area contributed by atoms with Gasteiger partial charge in [-0.1, -0.05) is 24.3 Å². The minimum Gasteiger partial charge on any atom is -0.353 e. The lowest BCUT2D eigenvalue weighted by Crippen LogP contribution is -2.41. The van der Waals surface area contributed by atoms with Crippen molar-refractivity contribution < 1.29 is 14.4 Å². The molecule has 0 saturated carbocycles. The van der Waals surface area contributed by atoms with Crippen molar-refractivity contribution in [1.82, 2.24) is 19.8 Å². The molecule has 2 unspecified atom stereocenters. The quantitative estimate of drug-likeness (QED) is 0.641. The van der Waals surface area contributed by atoms with Crippen LogP contribution in [-0.2, 0) is 20.9 Å². The Morgan fingerprint density at radius 1 is 1.15 bits per heavy atom. The first-order valence-corrected chi connectivity index (χ1v) is 9.25. The average molecular weight is 366 g/mol. The fourth-order valence-corrected chi connectivity index (χ4v) is 4.01. The predicted octanol–water partition coefficient (Wildman–Crippen LogP) is 1.41. The number of hydrogen-bond donors (Lipinski definition) is 1. The molecule has 1 aromatic heterocycles. The molecule has 0 radical (unpaired) electrons. The van der Waals surface area contributed by atoms with Gasteiger partial charge in [0.15, 0.2) is 0 Å². The number of aromatic nitrogens is 2. The standard InChI is InChI=1S/C20H22N4O3/c1-13-22-16-8-4-5-9-17(16)23(13)11-10-21-18(25)12-24-19(26)14-6-2-3-7-15(14)20(24)27/h2-5,8-9,14-15H,6-7,10-12H2,1H3,(H,21,25). The summed E-state index contributed by atoms with van der Waals surface area (Å²) in [7, 11) is 0. The number of carbonyl (C=O) groups excluding carboxylic acids is 3. The van der Waals surface area contributed by atoms with Gasteiger partial charge in [-0.2, -0.15) is 0 Å². The van der Waals surface area contributed by atoms with Crippen molar-refractivity contribution in [1.29, 1.82) is 0 Å². The maximum absolute atomic E-state index is 12.4. The van der Waals surface area contributed by atoms with E-state index in [1.807, 2.05) is 47.9 Å². The second kappa shape index (κ2) is 6.98. The van der Waals surface area contributed by atoms with Gasteiger partial charge in [-0.3, -0.25) is 19.3 Å². The highest BCUT2D eigenvalue weighted by atomic mass is 16.2. The molecule has 1 saturated heterocycles. The number of aryl methyl sites for hydroxylation is 1. The Labute approximate surface area is 157 Å². The molecular weight excluding hydrogens is 344 g/mol. The Bertz CT molecular complexity index is 920. The monoisotopic (exact) mass is 366 g/mol. The number of imide groups is 1. The second-order valence-corrected chi connectivity index (χ2v) is 7.07. The fourth-order valence-electron chi connectivity index (χ4n) is 4.01. The molecule has 2 heterocycles. The third-order valence-corrected chi connectivity index (χ3v) is 5.40. The molecular formula is C20H22N4O3. The van der Waals surface area contributed by atoms with E-state index in [4.69, 9.17) is 0 Å². The van der Waals surface area contributed by atoms with Crippen LogP contribution in [0.25, 0.3) is 11.0 Å². The summed E-state index contributed by atoms with van der Waals surface area (Å²) in [6, 6.07) is 7.85. The molecule has 7 nitrogen and oxygen atoms in total. The molecule has 0 bridgehead atoms. The molecule has 27 heavy (non-hydrogen) atoms. The molecule has 4 rings (SSSR count). The lowest BCUT2D eigenvalue weighted by Gasteiger charge is -2.15. The first kappa shape index (κ1) is 17.5. The first-order chi connectivity index (χ1) is 13.1. The van der Waals surface area contributed by atoms with Gasteiger partial charge in [0.25, 0.3) is 0 Å². The zero-order chi connectivity index (χ0) is 19.0. The molecule has 1 aromatic carbocycles. The number of fused-ring (bicyclic) bond motifs is 2. The molecule has 1 aliphatic heterocycles. The number of rotatable bonds is 5. The molecule has 2 aromatic rings. The Hall–Kier alpha value is -2.96. The van der Waals surface area contributed by atoms with E-state index in [1.165, 1.54) is 0 Å². The average Bonchev–Trinajstić information content (AvgIpc) is 3.11. The van der Waals surface area contributed by atoms with Gasteiger partial charge >= 0.3 is 0 Å². The van der Waals surface area contributed by atoms with E-state index in [1.54, 1.807) is 0 Å². The molecule has 1 fully saturated rings. The van der Waals surface area contributed by atoms with Gasteiger partial charge in [-0.15, -0.1) is 0 Å². The van der Waals surface area contributed by atoms with Gasteiger partial charge in [-0.25, -0.2) is 4.98 Å². The molecule has 1 N–H and O–H groups in total. The summed E-state index contributed by atoms with van der Waals surface area (Å²) in [5.74, 6) is -0.468. The number of benzene rings is 1. The van der Waals surface area contributed by atoms with E-state index in [0.717, 1.165) is 21.8 Å². The van der Waals surface area contributed by atoms with Crippen LogP contribution in [0.3, 0.4) is 0 Å². The number of nitrogens with zero attached hydrogens (tertiary/aromatic N) is 3. The molecule has 140 valence electrons. The van der Waals surface area contributed by atoms with Gasteiger partial charge in [-0.05, 0) is 31.9 Å². The third-order valence-electron chi connectivity index (χ3n) is 5.40. The highest BCUT2D eigenvalue weighted by molar-refractivity contribution is 6.07. The van der Waals surface area contributed by atoms with Crippen molar-refractivity contribution in [2.24, 2.45) is 11.8 Å². The third kappa shape index (κ3) is 3.13. The summed E-state index contributed by atoms with van der Waals surface area (Å²) in [4.78, 5) is 42.7. The van der Waals surface area contributed by atoms with Crippen molar-refractivity contribution in [3.05, 3.63) is 42.2 Å². The molecule has 2 atom stereocenters. The smallest absolute Gasteiger partial charge is 0.240 e. The SMILES string of the molecule is Cc1nc2ccccc2n1CCNC(=O)CN1C(=O)C2CC=CCC2C1=O. The Morgan fingerprint density at radius 2 is 1.81 bits per heavy atom. The van der Waals surface area contributed by atoms with E-state index >= 15 is 0 Å². The van der Waals surface area contributed by atoms with Crippen LogP contribution in [0, 0.1) is 18.8 Å². The maximum Gasteiger partial charge on any atom is 0.240 e. The summed E-state index contributed by atoms with van der Waals surface area (Å²) in [5.41, 5.74) is 1.94. The van der Waals surface area contributed by atoms with E-state index in [-0.39, 0.29) is 36.1 Å². The number of imidazole rings is 1. The van der Waals surface area contributed by atoms with Crippen LogP contribution in [0.4, 0.5) is 0 Å². The van der Waals surface area contributed by atoms with Crippen LogP contribution in [0.1, 0.15) is 18.7 Å². The predicted molar refractivity (Wildman–Crippen MR) is 99.6 cm³/mol. The van der Waals surface area contributed by atoms with Crippen molar-refractivity contribution in [2.75, 3.05) is 13.1 Å². The number of nitrogens with one attached hydrogen (secondary N) is 1.